The predicted molar refractivity (Wildman–Crippen MR) is 103 cm³/mol. The molecule has 1 aliphatic rings. The molecule has 4 rings (SSSR count). The third-order valence-electron chi connectivity index (χ3n) is 4.80. The van der Waals surface area contributed by atoms with Crippen molar-refractivity contribution >= 4 is 27.5 Å². The van der Waals surface area contributed by atoms with Crippen LogP contribution in [0.25, 0.3) is 10.2 Å². The molecule has 1 saturated heterocycles. The molecule has 8 heteroatoms. The molecule has 28 heavy (non-hydrogen) atoms. The van der Waals surface area contributed by atoms with Gasteiger partial charge in [0.15, 0.2) is 0 Å². The summed E-state index contributed by atoms with van der Waals surface area (Å²) < 4.78 is 30.3. The third-order valence-corrected chi connectivity index (χ3v) is 5.84. The molecular weight excluding hydrogens is 384 g/mol. The molecule has 0 bridgehead atoms. The van der Waals surface area contributed by atoms with Crippen LogP contribution in [0.3, 0.4) is 0 Å². The van der Waals surface area contributed by atoms with Gasteiger partial charge < -0.3 is 14.5 Å². The molecule has 0 spiro atoms. The number of carbonyl (C=O) groups excluding carboxylic acids is 1. The van der Waals surface area contributed by atoms with Crippen molar-refractivity contribution in [3.05, 3.63) is 59.1 Å². The molecular formula is C20H20F2N3O2S+. The highest BCUT2D eigenvalue weighted by Crippen LogP contribution is 2.21. The van der Waals surface area contributed by atoms with Gasteiger partial charge in [-0.2, -0.15) is 8.78 Å². The molecule has 2 heterocycles. The Hall–Kier alpha value is -2.58. The number of benzene rings is 2. The lowest BCUT2D eigenvalue weighted by Crippen LogP contribution is -3.13. The van der Waals surface area contributed by atoms with Gasteiger partial charge in [-0.05, 0) is 30.3 Å². The van der Waals surface area contributed by atoms with E-state index >= 15 is 0 Å². The van der Waals surface area contributed by atoms with E-state index in [1.165, 1.54) is 21.7 Å². The second-order valence-corrected chi connectivity index (χ2v) is 7.82. The SMILES string of the molecule is O=C(c1cccc(OC(F)F)c1)N1CC[NH+](Cc2nc3ccccc3s2)CC1. The number of rotatable bonds is 5. The fourth-order valence-electron chi connectivity index (χ4n) is 3.40. The number of fused-ring (bicyclic) bond motifs is 1. The van der Waals surface area contributed by atoms with Gasteiger partial charge in [0.05, 0.1) is 36.4 Å². The van der Waals surface area contributed by atoms with Crippen molar-refractivity contribution in [2.24, 2.45) is 0 Å². The van der Waals surface area contributed by atoms with Crippen molar-refractivity contribution in [2.45, 2.75) is 13.2 Å². The summed E-state index contributed by atoms with van der Waals surface area (Å²) in [6.07, 6.45) is 0. The van der Waals surface area contributed by atoms with Crippen molar-refractivity contribution in [1.29, 1.82) is 0 Å². The number of hydrogen-bond donors (Lipinski definition) is 1. The first-order valence-electron chi connectivity index (χ1n) is 9.10. The minimum absolute atomic E-state index is 0.000877. The van der Waals surface area contributed by atoms with Gasteiger partial charge in [-0.1, -0.05) is 18.2 Å². The summed E-state index contributed by atoms with van der Waals surface area (Å²) in [4.78, 5) is 20.5. The Balaban J connectivity index is 1.35. The standard InChI is InChI=1S/C20H19F2N3O2S/c21-20(22)27-15-5-3-4-14(12-15)19(26)25-10-8-24(9-11-25)13-18-23-16-6-1-2-7-17(16)28-18/h1-7,12,20H,8-11,13H2/p+1. The van der Waals surface area contributed by atoms with Gasteiger partial charge in [0, 0.05) is 5.56 Å². The summed E-state index contributed by atoms with van der Waals surface area (Å²) in [5.41, 5.74) is 1.40. The number of amides is 1. The number of nitrogens with one attached hydrogen (secondary N) is 1. The van der Waals surface area contributed by atoms with Crippen LogP contribution >= 0.6 is 11.3 Å². The topological polar surface area (TPSA) is 46.9 Å². The number of piperazine rings is 1. The Morgan fingerprint density at radius 1 is 1.18 bits per heavy atom. The summed E-state index contributed by atoms with van der Waals surface area (Å²) in [6.45, 7) is 0.848. The average molecular weight is 404 g/mol. The summed E-state index contributed by atoms with van der Waals surface area (Å²) in [5, 5.41) is 1.10. The number of halogens is 2. The first kappa shape index (κ1) is 18.8. The Morgan fingerprint density at radius 3 is 2.71 bits per heavy atom. The van der Waals surface area contributed by atoms with Crippen LogP contribution in [0.15, 0.2) is 48.5 Å². The zero-order chi connectivity index (χ0) is 19.5. The number of quaternary nitrogens is 1. The van der Waals surface area contributed by atoms with Crippen LogP contribution in [0.2, 0.25) is 0 Å². The lowest BCUT2D eigenvalue weighted by atomic mass is 10.1. The van der Waals surface area contributed by atoms with Gasteiger partial charge in [-0.15, -0.1) is 11.3 Å². The van der Waals surface area contributed by atoms with Crippen LogP contribution in [-0.4, -0.2) is 48.6 Å². The molecule has 0 atom stereocenters. The molecule has 0 unspecified atom stereocenters. The Labute approximate surface area is 165 Å². The fraction of sp³-hybridized carbons (Fsp3) is 0.300. The normalized spacial score (nSPS) is 15.3. The second kappa shape index (κ2) is 8.20. The molecule has 1 amide bonds. The first-order chi connectivity index (χ1) is 13.6. The summed E-state index contributed by atoms with van der Waals surface area (Å²) in [7, 11) is 0. The first-order valence-corrected chi connectivity index (χ1v) is 9.92. The van der Waals surface area contributed by atoms with Crippen LogP contribution in [0.4, 0.5) is 8.78 Å². The van der Waals surface area contributed by atoms with Crippen LogP contribution < -0.4 is 9.64 Å². The molecule has 0 radical (unpaired) electrons. The zero-order valence-electron chi connectivity index (χ0n) is 15.1. The van der Waals surface area contributed by atoms with Gasteiger partial charge in [0.2, 0.25) is 0 Å². The summed E-state index contributed by atoms with van der Waals surface area (Å²) >= 11 is 1.71. The van der Waals surface area contributed by atoms with E-state index < -0.39 is 6.61 Å². The van der Waals surface area contributed by atoms with E-state index in [-0.39, 0.29) is 11.7 Å². The van der Waals surface area contributed by atoms with Crippen molar-refractivity contribution in [3.8, 4) is 5.75 Å². The molecule has 1 aromatic heterocycles. The largest absolute Gasteiger partial charge is 0.435 e. The van der Waals surface area contributed by atoms with E-state index in [1.54, 1.807) is 28.4 Å². The lowest BCUT2D eigenvalue weighted by Gasteiger charge is -2.32. The minimum Gasteiger partial charge on any atom is -0.435 e. The smallest absolute Gasteiger partial charge is 0.387 e. The van der Waals surface area contributed by atoms with Crippen LogP contribution in [0.1, 0.15) is 15.4 Å². The molecule has 0 aliphatic carbocycles. The lowest BCUT2D eigenvalue weighted by molar-refractivity contribution is -0.917. The molecule has 1 aliphatic heterocycles. The molecule has 1 fully saturated rings. The van der Waals surface area contributed by atoms with Crippen molar-refractivity contribution < 1.29 is 23.2 Å². The maximum Gasteiger partial charge on any atom is 0.387 e. The number of nitrogens with zero attached hydrogens (tertiary/aromatic N) is 2. The van der Waals surface area contributed by atoms with Crippen molar-refractivity contribution in [2.75, 3.05) is 26.2 Å². The van der Waals surface area contributed by atoms with Crippen LogP contribution in [-0.2, 0) is 6.54 Å². The van der Waals surface area contributed by atoms with E-state index in [4.69, 9.17) is 0 Å². The number of hydrogen-bond acceptors (Lipinski definition) is 4. The molecule has 0 saturated carbocycles. The number of thiazole rings is 1. The van der Waals surface area contributed by atoms with E-state index in [9.17, 15) is 13.6 Å². The highest BCUT2D eigenvalue weighted by molar-refractivity contribution is 7.18. The predicted octanol–water partition coefficient (Wildman–Crippen LogP) is 2.44. The Morgan fingerprint density at radius 2 is 1.96 bits per heavy atom. The quantitative estimate of drug-likeness (QED) is 0.711. The maximum absolute atomic E-state index is 12.7. The second-order valence-electron chi connectivity index (χ2n) is 6.70. The van der Waals surface area contributed by atoms with Crippen molar-refractivity contribution in [3.63, 3.8) is 0 Å². The number of aromatic nitrogens is 1. The highest BCUT2D eigenvalue weighted by Gasteiger charge is 2.25. The summed E-state index contributed by atoms with van der Waals surface area (Å²) in [6, 6.07) is 14.1. The molecule has 146 valence electrons. The Bertz CT molecular complexity index is 938. The number of carbonyl (C=O) groups is 1. The number of ether oxygens (including phenoxy) is 1. The van der Waals surface area contributed by atoms with E-state index in [2.05, 4.69) is 15.8 Å². The molecule has 3 aromatic rings. The van der Waals surface area contributed by atoms with E-state index in [0.29, 0.717) is 18.7 Å². The van der Waals surface area contributed by atoms with Gasteiger partial charge >= 0.3 is 6.61 Å². The monoisotopic (exact) mass is 404 g/mol. The molecule has 1 N–H and O–H groups in total. The number of para-hydroxylation sites is 1. The van der Waals surface area contributed by atoms with Crippen LogP contribution in [0, 0.1) is 0 Å². The van der Waals surface area contributed by atoms with Crippen molar-refractivity contribution in [1.82, 2.24) is 9.88 Å². The van der Waals surface area contributed by atoms with Gasteiger partial charge in [-0.3, -0.25) is 4.79 Å². The highest BCUT2D eigenvalue weighted by atomic mass is 32.1. The van der Waals surface area contributed by atoms with Gasteiger partial charge in [-0.25, -0.2) is 4.98 Å². The fourth-order valence-corrected chi connectivity index (χ4v) is 4.44. The van der Waals surface area contributed by atoms with Gasteiger partial charge in [0.1, 0.15) is 17.3 Å². The summed E-state index contributed by atoms with van der Waals surface area (Å²) in [5.74, 6) is -0.153. The third kappa shape index (κ3) is 4.28. The Kier molecular flexibility index (Phi) is 5.50. The zero-order valence-corrected chi connectivity index (χ0v) is 15.9. The van der Waals surface area contributed by atoms with E-state index in [0.717, 1.165) is 30.2 Å². The minimum atomic E-state index is -2.90. The van der Waals surface area contributed by atoms with Crippen LogP contribution in [0.5, 0.6) is 5.75 Å². The maximum atomic E-state index is 12.7. The van der Waals surface area contributed by atoms with Gasteiger partial charge in [0.25, 0.3) is 5.91 Å². The molecule has 5 nitrogen and oxygen atoms in total. The molecule has 2 aromatic carbocycles. The van der Waals surface area contributed by atoms with E-state index in [1.807, 2.05) is 18.2 Å². The number of alkyl halides is 2. The average Bonchev–Trinajstić information content (AvgIpc) is 3.10.